The summed E-state index contributed by atoms with van der Waals surface area (Å²) in [6.45, 7) is 6.47. The van der Waals surface area contributed by atoms with Gasteiger partial charge in [-0.05, 0) is 31.9 Å². The number of para-hydroxylation sites is 1. The van der Waals surface area contributed by atoms with Crippen LogP contribution in [0, 0.1) is 6.92 Å². The van der Waals surface area contributed by atoms with E-state index in [9.17, 15) is 0 Å². The lowest BCUT2D eigenvalue weighted by Gasteiger charge is -2.44. The van der Waals surface area contributed by atoms with E-state index in [4.69, 9.17) is 9.47 Å². The summed E-state index contributed by atoms with van der Waals surface area (Å²) in [6.07, 6.45) is 1.98. The Hall–Kier alpha value is -1.89. The van der Waals surface area contributed by atoms with Crippen LogP contribution in [0.2, 0.25) is 0 Å². The molecule has 4 rings (SSSR count). The first kappa shape index (κ1) is 18.9. The fourth-order valence-corrected chi connectivity index (χ4v) is 3.47. The van der Waals surface area contributed by atoms with Gasteiger partial charge in [-0.2, -0.15) is 4.98 Å². The summed E-state index contributed by atoms with van der Waals surface area (Å²) in [4.78, 5) is 11.5. The molecule has 6 nitrogen and oxygen atoms in total. The second-order valence-corrected chi connectivity index (χ2v) is 6.76. The smallest absolute Gasteiger partial charge is 0.228 e. The molecule has 0 saturated carbocycles. The van der Waals surface area contributed by atoms with Gasteiger partial charge in [-0.1, -0.05) is 18.2 Å². The third-order valence-corrected chi connectivity index (χ3v) is 4.88. The highest BCUT2D eigenvalue weighted by Crippen LogP contribution is 2.30. The molecule has 1 aromatic carbocycles. The molecule has 2 saturated heterocycles. The number of benzene rings is 1. The van der Waals surface area contributed by atoms with Crippen LogP contribution in [-0.4, -0.2) is 48.4 Å². The van der Waals surface area contributed by atoms with Gasteiger partial charge < -0.3 is 19.7 Å². The Bertz CT molecular complexity index is 713. The van der Waals surface area contributed by atoms with Crippen molar-refractivity contribution in [2.45, 2.75) is 25.4 Å². The predicted molar refractivity (Wildman–Crippen MR) is 104 cm³/mol. The highest BCUT2D eigenvalue weighted by Gasteiger charge is 2.37. The maximum Gasteiger partial charge on any atom is 0.228 e. The Kier molecular flexibility index (Phi) is 5.96. The number of aromatic nitrogens is 2. The maximum atomic E-state index is 6.06. The van der Waals surface area contributed by atoms with Gasteiger partial charge in [0, 0.05) is 37.9 Å². The minimum Gasteiger partial charge on any atom is -0.439 e. The zero-order valence-corrected chi connectivity index (χ0v) is 15.8. The van der Waals surface area contributed by atoms with Gasteiger partial charge in [-0.25, -0.2) is 4.98 Å². The number of ether oxygens (including phenoxy) is 2. The summed E-state index contributed by atoms with van der Waals surface area (Å²) in [5, 5.41) is 3.45. The van der Waals surface area contributed by atoms with Crippen molar-refractivity contribution in [1.29, 1.82) is 0 Å². The molecule has 26 heavy (non-hydrogen) atoms. The van der Waals surface area contributed by atoms with Crippen LogP contribution in [0.5, 0.6) is 11.6 Å². The van der Waals surface area contributed by atoms with Crippen LogP contribution >= 0.6 is 12.4 Å². The van der Waals surface area contributed by atoms with Gasteiger partial charge in [-0.15, -0.1) is 12.4 Å². The van der Waals surface area contributed by atoms with Crippen molar-refractivity contribution < 1.29 is 9.47 Å². The lowest BCUT2D eigenvalue weighted by molar-refractivity contribution is -0.0801. The second kappa shape index (κ2) is 8.20. The van der Waals surface area contributed by atoms with Crippen LogP contribution in [-0.2, 0) is 4.74 Å². The van der Waals surface area contributed by atoms with E-state index in [1.807, 2.05) is 43.3 Å². The highest BCUT2D eigenvalue weighted by atomic mass is 35.5. The molecule has 140 valence electrons. The summed E-state index contributed by atoms with van der Waals surface area (Å²) < 4.78 is 12.0. The summed E-state index contributed by atoms with van der Waals surface area (Å²) in [7, 11) is 0. The van der Waals surface area contributed by atoms with Gasteiger partial charge in [0.2, 0.25) is 11.8 Å². The van der Waals surface area contributed by atoms with Crippen molar-refractivity contribution >= 4 is 18.4 Å². The molecule has 0 aliphatic carbocycles. The van der Waals surface area contributed by atoms with Crippen LogP contribution in [0.3, 0.4) is 0 Å². The Balaban J connectivity index is 0.00000196. The summed E-state index contributed by atoms with van der Waals surface area (Å²) in [6, 6.07) is 11.6. The second-order valence-electron chi connectivity index (χ2n) is 6.76. The third-order valence-electron chi connectivity index (χ3n) is 4.88. The first-order valence-electron chi connectivity index (χ1n) is 8.91. The molecule has 0 atom stereocenters. The Labute approximate surface area is 160 Å². The van der Waals surface area contributed by atoms with Gasteiger partial charge in [0.05, 0.1) is 12.2 Å². The third kappa shape index (κ3) is 4.26. The summed E-state index contributed by atoms with van der Waals surface area (Å²) in [5.41, 5.74) is 0.897. The number of hydrogen-bond acceptors (Lipinski definition) is 6. The molecular weight excluding hydrogens is 352 g/mol. The average molecular weight is 377 g/mol. The monoisotopic (exact) mass is 376 g/mol. The number of nitrogens with zero attached hydrogens (tertiary/aromatic N) is 3. The SMILES string of the molecule is Cc1cc(Oc2ccccc2)nc(N2CCC3(CC2)CNCCO3)n1.Cl. The molecule has 1 spiro atoms. The van der Waals surface area contributed by atoms with Gasteiger partial charge in [0.1, 0.15) is 5.75 Å². The number of aryl methyl sites for hydroxylation is 1. The molecular formula is C19H25ClN4O2. The van der Waals surface area contributed by atoms with E-state index < -0.39 is 0 Å². The largest absolute Gasteiger partial charge is 0.439 e. The molecule has 0 unspecified atom stereocenters. The fraction of sp³-hybridized carbons (Fsp3) is 0.474. The van der Waals surface area contributed by atoms with E-state index in [1.165, 1.54) is 0 Å². The summed E-state index contributed by atoms with van der Waals surface area (Å²) >= 11 is 0. The lowest BCUT2D eigenvalue weighted by Crippen LogP contribution is -2.55. The molecule has 3 heterocycles. The molecule has 1 N–H and O–H groups in total. The van der Waals surface area contributed by atoms with Crippen molar-refractivity contribution in [3.63, 3.8) is 0 Å². The van der Waals surface area contributed by atoms with Crippen LogP contribution in [0.4, 0.5) is 5.95 Å². The Morgan fingerprint density at radius 2 is 1.92 bits per heavy atom. The number of piperidine rings is 1. The quantitative estimate of drug-likeness (QED) is 0.888. The van der Waals surface area contributed by atoms with Gasteiger partial charge in [-0.3, -0.25) is 0 Å². The average Bonchev–Trinajstić information content (AvgIpc) is 2.63. The van der Waals surface area contributed by atoms with Crippen LogP contribution < -0.4 is 15.0 Å². The van der Waals surface area contributed by atoms with Crippen LogP contribution in [0.1, 0.15) is 18.5 Å². The maximum absolute atomic E-state index is 6.06. The Morgan fingerprint density at radius 1 is 1.15 bits per heavy atom. The first-order chi connectivity index (χ1) is 12.2. The number of anilines is 1. The normalized spacial score (nSPS) is 19.0. The van der Waals surface area contributed by atoms with Crippen molar-refractivity contribution in [1.82, 2.24) is 15.3 Å². The van der Waals surface area contributed by atoms with Crippen molar-refractivity contribution in [3.8, 4) is 11.6 Å². The number of rotatable bonds is 3. The van der Waals surface area contributed by atoms with Gasteiger partial charge in [0.15, 0.2) is 0 Å². The van der Waals surface area contributed by atoms with Gasteiger partial charge >= 0.3 is 0 Å². The molecule has 2 aromatic rings. The summed E-state index contributed by atoms with van der Waals surface area (Å²) in [5.74, 6) is 2.11. The molecule has 0 radical (unpaired) electrons. The van der Waals surface area contributed by atoms with Crippen LogP contribution in [0.15, 0.2) is 36.4 Å². The standard InChI is InChI=1S/C19H24N4O2.ClH/c1-15-13-17(25-16-5-3-2-4-6-16)22-18(21-15)23-10-7-19(8-11-23)14-20-9-12-24-19;/h2-6,13,20H,7-12,14H2,1H3;1H. The molecule has 2 aliphatic heterocycles. The van der Waals surface area contributed by atoms with E-state index in [2.05, 4.69) is 20.2 Å². The fourth-order valence-electron chi connectivity index (χ4n) is 3.47. The number of morpholine rings is 1. The lowest BCUT2D eigenvalue weighted by atomic mass is 9.90. The molecule has 1 aromatic heterocycles. The molecule has 7 heteroatoms. The van der Waals surface area contributed by atoms with E-state index >= 15 is 0 Å². The van der Waals surface area contributed by atoms with Gasteiger partial charge in [0.25, 0.3) is 0 Å². The minimum atomic E-state index is -0.0120. The Morgan fingerprint density at radius 3 is 2.62 bits per heavy atom. The predicted octanol–water partition coefficient (Wildman–Crippen LogP) is 2.96. The molecule has 0 amide bonds. The number of hydrogen-bond donors (Lipinski definition) is 1. The molecule has 2 aliphatic rings. The van der Waals surface area contributed by atoms with E-state index in [-0.39, 0.29) is 18.0 Å². The zero-order valence-electron chi connectivity index (χ0n) is 15.0. The van der Waals surface area contributed by atoms with E-state index in [0.717, 1.165) is 63.0 Å². The minimum absolute atomic E-state index is 0. The number of halogens is 1. The van der Waals surface area contributed by atoms with Crippen LogP contribution in [0.25, 0.3) is 0 Å². The molecule has 2 fully saturated rings. The molecule has 0 bridgehead atoms. The van der Waals surface area contributed by atoms with Crippen molar-refractivity contribution in [2.24, 2.45) is 0 Å². The zero-order chi connectivity index (χ0) is 17.1. The van der Waals surface area contributed by atoms with E-state index in [0.29, 0.717) is 5.88 Å². The van der Waals surface area contributed by atoms with Crippen molar-refractivity contribution in [3.05, 3.63) is 42.1 Å². The van der Waals surface area contributed by atoms with Crippen molar-refractivity contribution in [2.75, 3.05) is 37.7 Å². The van der Waals surface area contributed by atoms with E-state index in [1.54, 1.807) is 0 Å². The first-order valence-corrected chi connectivity index (χ1v) is 8.91. The highest BCUT2D eigenvalue weighted by molar-refractivity contribution is 5.85. The topological polar surface area (TPSA) is 59.5 Å². The number of nitrogens with one attached hydrogen (secondary N) is 1.